The van der Waals surface area contributed by atoms with E-state index in [1.807, 2.05) is 42.5 Å². The van der Waals surface area contributed by atoms with E-state index in [9.17, 15) is 14.7 Å². The van der Waals surface area contributed by atoms with Crippen LogP contribution in [0.3, 0.4) is 0 Å². The fourth-order valence-electron chi connectivity index (χ4n) is 3.38. The van der Waals surface area contributed by atoms with Crippen molar-refractivity contribution in [2.75, 3.05) is 24.2 Å². The highest BCUT2D eigenvalue weighted by molar-refractivity contribution is 7.99. The Kier molecular flexibility index (Phi) is 8.12. The predicted molar refractivity (Wildman–Crippen MR) is 119 cm³/mol. The molecule has 0 saturated carbocycles. The molecule has 1 saturated heterocycles. The van der Waals surface area contributed by atoms with E-state index in [0.717, 1.165) is 35.5 Å². The molecule has 1 unspecified atom stereocenters. The number of hydrogen-bond acceptors (Lipinski definition) is 5. The molecule has 1 heterocycles. The Labute approximate surface area is 181 Å². The van der Waals surface area contributed by atoms with E-state index in [1.54, 1.807) is 0 Å². The minimum absolute atomic E-state index is 0.248. The molecule has 7 nitrogen and oxygen atoms in total. The molecule has 3 amide bonds. The van der Waals surface area contributed by atoms with Gasteiger partial charge in [0.05, 0.1) is 11.8 Å². The molecule has 1 fully saturated rings. The Morgan fingerprint density at radius 3 is 2.60 bits per heavy atom. The molecule has 0 radical (unpaired) electrons. The highest BCUT2D eigenvalue weighted by Crippen LogP contribution is 2.27. The van der Waals surface area contributed by atoms with Crippen molar-refractivity contribution in [2.24, 2.45) is 5.73 Å². The number of urea groups is 1. The van der Waals surface area contributed by atoms with Crippen LogP contribution in [0, 0.1) is 0 Å². The molecule has 5 N–H and O–H groups in total. The van der Waals surface area contributed by atoms with Gasteiger partial charge >= 0.3 is 6.03 Å². The summed E-state index contributed by atoms with van der Waals surface area (Å²) in [6, 6.07) is 15.2. The van der Waals surface area contributed by atoms with E-state index in [1.165, 1.54) is 11.8 Å². The number of nitrogens with zero attached hydrogens (tertiary/aromatic N) is 1. The second kappa shape index (κ2) is 11.0. The van der Waals surface area contributed by atoms with Gasteiger partial charge in [-0.3, -0.25) is 9.69 Å². The number of carbonyl (C=O) groups excluding carboxylic acids is 2. The lowest BCUT2D eigenvalue weighted by molar-refractivity contribution is -0.117. The van der Waals surface area contributed by atoms with Crippen molar-refractivity contribution in [1.82, 2.24) is 10.2 Å². The molecular formula is C22H28N4O3S. The average molecular weight is 429 g/mol. The second-order valence-electron chi connectivity index (χ2n) is 7.31. The highest BCUT2D eigenvalue weighted by atomic mass is 32.2. The van der Waals surface area contributed by atoms with Gasteiger partial charge in [-0.15, -0.1) is 11.8 Å². The molecule has 0 bridgehead atoms. The quantitative estimate of drug-likeness (QED) is 0.459. The first-order chi connectivity index (χ1) is 14.5. The summed E-state index contributed by atoms with van der Waals surface area (Å²) in [5.41, 5.74) is 8.09. The van der Waals surface area contributed by atoms with Crippen molar-refractivity contribution < 1.29 is 14.7 Å². The molecule has 3 rings (SSSR count). The lowest BCUT2D eigenvalue weighted by atomic mass is 10.1. The van der Waals surface area contributed by atoms with Gasteiger partial charge in [-0.05, 0) is 29.7 Å². The summed E-state index contributed by atoms with van der Waals surface area (Å²) >= 11 is 1.48. The molecule has 0 spiro atoms. The summed E-state index contributed by atoms with van der Waals surface area (Å²) in [7, 11) is 0. The number of thioether (sulfide) groups is 1. The van der Waals surface area contributed by atoms with Gasteiger partial charge < -0.3 is 21.5 Å². The van der Waals surface area contributed by atoms with E-state index in [0.29, 0.717) is 24.5 Å². The van der Waals surface area contributed by atoms with Gasteiger partial charge in [-0.25, -0.2) is 4.79 Å². The Balaban J connectivity index is 1.55. The Morgan fingerprint density at radius 2 is 1.87 bits per heavy atom. The Bertz CT molecular complexity index is 877. The van der Waals surface area contributed by atoms with Crippen LogP contribution in [0.5, 0.6) is 0 Å². The number of amides is 3. The maximum Gasteiger partial charge on any atom is 0.319 e. The zero-order chi connectivity index (χ0) is 21.3. The third-order valence-corrected chi connectivity index (χ3v) is 6.02. The summed E-state index contributed by atoms with van der Waals surface area (Å²) in [5.74, 6) is 0.224. The number of aliphatic hydroxyl groups is 1. The third-order valence-electron chi connectivity index (χ3n) is 4.94. The first-order valence-corrected chi connectivity index (χ1v) is 11.0. The summed E-state index contributed by atoms with van der Waals surface area (Å²) < 4.78 is 0. The van der Waals surface area contributed by atoms with Gasteiger partial charge in [0.15, 0.2) is 0 Å². The molecule has 2 aromatic carbocycles. The first kappa shape index (κ1) is 22.1. The molecule has 8 heteroatoms. The van der Waals surface area contributed by atoms with Crippen LogP contribution in [0.25, 0.3) is 0 Å². The van der Waals surface area contributed by atoms with Gasteiger partial charge in [-0.1, -0.05) is 36.4 Å². The van der Waals surface area contributed by atoms with Crippen LogP contribution in [0.2, 0.25) is 0 Å². The normalized spacial score (nSPS) is 16.4. The van der Waals surface area contributed by atoms with Crippen LogP contribution < -0.4 is 16.4 Å². The monoisotopic (exact) mass is 428 g/mol. The van der Waals surface area contributed by atoms with Crippen molar-refractivity contribution in [2.45, 2.75) is 36.9 Å². The van der Waals surface area contributed by atoms with Crippen LogP contribution in [-0.2, 0) is 17.9 Å². The van der Waals surface area contributed by atoms with Crippen molar-refractivity contribution in [3.8, 4) is 0 Å². The number of aliphatic hydroxyl groups excluding tert-OH is 1. The van der Waals surface area contributed by atoms with Gasteiger partial charge in [-0.2, -0.15) is 0 Å². The zero-order valence-corrected chi connectivity index (χ0v) is 17.7. The molecule has 2 aromatic rings. The topological polar surface area (TPSA) is 108 Å². The van der Waals surface area contributed by atoms with Gasteiger partial charge in [0.2, 0.25) is 5.91 Å². The number of benzene rings is 2. The van der Waals surface area contributed by atoms with Crippen LogP contribution >= 0.6 is 11.8 Å². The number of hydrogen-bond donors (Lipinski definition) is 4. The molecule has 1 aliphatic rings. The predicted octanol–water partition coefficient (Wildman–Crippen LogP) is 2.54. The van der Waals surface area contributed by atoms with E-state index in [-0.39, 0.29) is 24.5 Å². The third kappa shape index (κ3) is 6.76. The van der Waals surface area contributed by atoms with Gasteiger partial charge in [0.1, 0.15) is 0 Å². The summed E-state index contributed by atoms with van der Waals surface area (Å²) in [6.45, 7) is 2.74. The second-order valence-corrected chi connectivity index (χ2v) is 8.45. The smallest absolute Gasteiger partial charge is 0.319 e. The van der Waals surface area contributed by atoms with Crippen molar-refractivity contribution >= 4 is 29.4 Å². The molecule has 1 atom stereocenters. The molecule has 0 aromatic heterocycles. The Hall–Kier alpha value is -2.55. The molecule has 160 valence electrons. The van der Waals surface area contributed by atoms with Crippen LogP contribution in [0.1, 0.15) is 24.0 Å². The number of para-hydroxylation sites is 1. The van der Waals surface area contributed by atoms with Crippen LogP contribution in [0.4, 0.5) is 10.5 Å². The minimum atomic E-state index is -0.340. The average Bonchev–Trinajstić information content (AvgIpc) is 3.13. The van der Waals surface area contributed by atoms with Crippen molar-refractivity contribution in [1.29, 1.82) is 0 Å². The minimum Gasteiger partial charge on any atom is -0.392 e. The lowest BCUT2D eigenvalue weighted by Gasteiger charge is -2.18. The zero-order valence-electron chi connectivity index (χ0n) is 16.8. The maximum atomic E-state index is 12.5. The van der Waals surface area contributed by atoms with Crippen LogP contribution in [0.15, 0.2) is 53.4 Å². The number of primary amides is 1. The van der Waals surface area contributed by atoms with Crippen molar-refractivity contribution in [3.63, 3.8) is 0 Å². The number of carbonyl (C=O) groups is 2. The number of likely N-dealkylation sites (tertiary alicyclic amines) is 1. The van der Waals surface area contributed by atoms with Gasteiger partial charge in [0.25, 0.3) is 0 Å². The fraction of sp³-hybridized carbons (Fsp3) is 0.364. The van der Waals surface area contributed by atoms with Gasteiger partial charge in [0, 0.05) is 43.2 Å². The number of β-amino-alcohol motifs (C(OH)–C–C–N with tert-alkyl or cyclic N) is 1. The SMILES string of the molecule is NC(=O)CCSc1ccccc1NC(=O)NCc1ccccc1CN1CCC(O)C1. The maximum absolute atomic E-state index is 12.5. The standard InChI is InChI=1S/C22H28N4O3S/c23-21(28)10-12-30-20-8-4-3-7-19(20)25-22(29)24-13-16-5-1-2-6-17(16)14-26-11-9-18(27)15-26/h1-8,18,27H,9-15H2,(H2,23,28)(H2,24,25,29). The van der Waals surface area contributed by atoms with E-state index >= 15 is 0 Å². The summed E-state index contributed by atoms with van der Waals surface area (Å²) in [5, 5.41) is 15.5. The number of rotatable bonds is 9. The number of nitrogens with one attached hydrogen (secondary N) is 2. The fourth-order valence-corrected chi connectivity index (χ4v) is 4.35. The van der Waals surface area contributed by atoms with E-state index < -0.39 is 0 Å². The van der Waals surface area contributed by atoms with Crippen LogP contribution in [-0.4, -0.2) is 46.9 Å². The first-order valence-electron chi connectivity index (χ1n) is 10.0. The lowest BCUT2D eigenvalue weighted by Crippen LogP contribution is -2.29. The number of anilines is 1. The highest BCUT2D eigenvalue weighted by Gasteiger charge is 2.20. The Morgan fingerprint density at radius 1 is 1.13 bits per heavy atom. The molecule has 0 aliphatic carbocycles. The largest absolute Gasteiger partial charge is 0.392 e. The molecular weight excluding hydrogens is 400 g/mol. The van der Waals surface area contributed by atoms with E-state index in [4.69, 9.17) is 5.73 Å². The molecule has 1 aliphatic heterocycles. The van der Waals surface area contributed by atoms with E-state index in [2.05, 4.69) is 21.6 Å². The summed E-state index contributed by atoms with van der Waals surface area (Å²) in [4.78, 5) is 26.5. The molecule has 30 heavy (non-hydrogen) atoms. The summed E-state index contributed by atoms with van der Waals surface area (Å²) in [6.07, 6.45) is 0.845. The van der Waals surface area contributed by atoms with Crippen molar-refractivity contribution in [3.05, 3.63) is 59.7 Å². The number of nitrogens with two attached hydrogens (primary N) is 1.